The summed E-state index contributed by atoms with van der Waals surface area (Å²) in [5, 5.41) is 15.8. The molecule has 11 heteroatoms. The van der Waals surface area contributed by atoms with Crippen molar-refractivity contribution in [3.8, 4) is 0 Å². The first-order chi connectivity index (χ1) is 12.1. The van der Waals surface area contributed by atoms with Crippen LogP contribution in [0.15, 0.2) is 41.3 Å². The number of benzene rings is 2. The Morgan fingerprint density at radius 2 is 1.96 bits per heavy atom. The number of rotatable bonds is 5. The molecule has 0 saturated heterocycles. The Morgan fingerprint density at radius 3 is 2.50 bits per heavy atom. The number of nitrogens with zero attached hydrogens (tertiary/aromatic N) is 1. The third-order valence-electron chi connectivity index (χ3n) is 3.38. The second-order valence-corrected chi connectivity index (χ2v) is 6.98. The highest BCUT2D eigenvalue weighted by Crippen LogP contribution is 2.23. The van der Waals surface area contributed by atoms with Crippen LogP contribution in [-0.4, -0.2) is 19.4 Å². The van der Waals surface area contributed by atoms with E-state index in [1.165, 1.54) is 37.3 Å². The number of urea groups is 1. The van der Waals surface area contributed by atoms with Crippen molar-refractivity contribution in [1.82, 2.24) is 5.32 Å². The van der Waals surface area contributed by atoms with Crippen LogP contribution >= 0.6 is 11.6 Å². The predicted octanol–water partition coefficient (Wildman–Crippen LogP) is 3.54. The Kier molecular flexibility index (Phi) is 5.78. The van der Waals surface area contributed by atoms with E-state index in [1.54, 1.807) is 0 Å². The van der Waals surface area contributed by atoms with Crippen LogP contribution in [0.3, 0.4) is 0 Å². The summed E-state index contributed by atoms with van der Waals surface area (Å²) in [5.74, 6) is 0. The first kappa shape index (κ1) is 19.6. The summed E-state index contributed by atoms with van der Waals surface area (Å²) in [5.41, 5.74) is 0.718. The minimum Gasteiger partial charge on any atom is -0.334 e. The molecule has 0 aliphatic heterocycles. The van der Waals surface area contributed by atoms with Gasteiger partial charge in [0.05, 0.1) is 9.95 Å². The molecule has 0 unspecified atom stereocenters. The summed E-state index contributed by atoms with van der Waals surface area (Å²) in [7, 11) is -4.83. The lowest BCUT2D eigenvalue weighted by atomic mass is 10.2. The van der Waals surface area contributed by atoms with Crippen LogP contribution in [-0.2, 0) is 16.8 Å². The number of nitro groups is 1. The van der Waals surface area contributed by atoms with Crippen molar-refractivity contribution in [2.24, 2.45) is 0 Å². The summed E-state index contributed by atoms with van der Waals surface area (Å²) in [6.07, 6.45) is 0. The molecule has 0 bridgehead atoms. The van der Waals surface area contributed by atoms with Gasteiger partial charge >= 0.3 is 16.3 Å². The topological polar surface area (TPSA) is 118 Å². The highest BCUT2D eigenvalue weighted by Gasteiger charge is 2.16. The fraction of sp³-hybridized carbons (Fsp3) is 0.133. The number of nitro benzene ring substituents is 1. The number of halogens is 2. The van der Waals surface area contributed by atoms with Crippen molar-refractivity contribution in [1.29, 1.82) is 0 Å². The maximum absolute atomic E-state index is 13.0. The number of non-ortho nitro benzene ring substituents is 1. The smallest absolute Gasteiger partial charge is 0.332 e. The first-order valence-electron chi connectivity index (χ1n) is 7.11. The van der Waals surface area contributed by atoms with Crippen molar-refractivity contribution in [2.45, 2.75) is 18.4 Å². The van der Waals surface area contributed by atoms with Gasteiger partial charge in [0.1, 0.15) is 4.90 Å². The minimum absolute atomic E-state index is 0.0125. The highest BCUT2D eigenvalue weighted by molar-refractivity contribution is 7.86. The quantitative estimate of drug-likeness (QED) is 0.451. The average molecular weight is 402 g/mol. The lowest BCUT2D eigenvalue weighted by Crippen LogP contribution is -2.28. The normalized spacial score (nSPS) is 11.0. The molecule has 2 aromatic carbocycles. The zero-order valence-corrected chi connectivity index (χ0v) is 14.9. The SMILES string of the molecule is Cc1cc(NC(=O)NCc2ccc([N+](=O)[O-])cc2Cl)ccc1S(=O)(=O)F. The summed E-state index contributed by atoms with van der Waals surface area (Å²) in [6.45, 7) is 1.41. The summed E-state index contributed by atoms with van der Waals surface area (Å²) >= 11 is 5.93. The van der Waals surface area contributed by atoms with Gasteiger partial charge in [-0.2, -0.15) is 8.42 Å². The molecule has 0 spiro atoms. The van der Waals surface area contributed by atoms with E-state index in [2.05, 4.69) is 10.6 Å². The third kappa shape index (κ3) is 4.90. The van der Waals surface area contributed by atoms with E-state index >= 15 is 0 Å². The fourth-order valence-electron chi connectivity index (χ4n) is 2.14. The Balaban J connectivity index is 2.01. The lowest BCUT2D eigenvalue weighted by molar-refractivity contribution is -0.384. The zero-order valence-electron chi connectivity index (χ0n) is 13.3. The maximum atomic E-state index is 13.0. The standard InChI is InChI=1S/C15H13ClFN3O5S/c1-9-6-11(3-5-14(9)26(17,24)25)19-15(21)18-8-10-2-4-12(20(22)23)7-13(10)16/h2-7H,8H2,1H3,(H2,18,19,21). The molecule has 0 saturated carbocycles. The van der Waals surface area contributed by atoms with Gasteiger partial charge in [0.15, 0.2) is 0 Å². The largest absolute Gasteiger partial charge is 0.334 e. The van der Waals surface area contributed by atoms with E-state index < -0.39 is 26.1 Å². The monoisotopic (exact) mass is 401 g/mol. The number of hydrogen-bond acceptors (Lipinski definition) is 5. The molecule has 138 valence electrons. The van der Waals surface area contributed by atoms with Gasteiger partial charge in [-0.25, -0.2) is 4.79 Å². The first-order valence-corrected chi connectivity index (χ1v) is 8.87. The van der Waals surface area contributed by atoms with Crippen molar-refractivity contribution in [3.63, 3.8) is 0 Å². The van der Waals surface area contributed by atoms with Crippen LogP contribution in [0.5, 0.6) is 0 Å². The highest BCUT2D eigenvalue weighted by atomic mass is 35.5. The van der Waals surface area contributed by atoms with Crippen molar-refractivity contribution in [2.75, 3.05) is 5.32 Å². The van der Waals surface area contributed by atoms with Gasteiger partial charge in [0.25, 0.3) is 5.69 Å². The number of nitrogens with one attached hydrogen (secondary N) is 2. The Bertz CT molecular complexity index is 981. The van der Waals surface area contributed by atoms with Gasteiger partial charge in [-0.3, -0.25) is 10.1 Å². The molecule has 8 nitrogen and oxygen atoms in total. The Morgan fingerprint density at radius 1 is 1.27 bits per heavy atom. The van der Waals surface area contributed by atoms with Crippen LogP contribution in [0, 0.1) is 17.0 Å². The van der Waals surface area contributed by atoms with E-state index in [9.17, 15) is 27.2 Å². The van der Waals surface area contributed by atoms with Gasteiger partial charge in [0, 0.05) is 24.4 Å². The number of hydrogen-bond donors (Lipinski definition) is 2. The molecule has 0 radical (unpaired) electrons. The minimum atomic E-state index is -4.83. The number of carbonyl (C=O) groups is 1. The van der Waals surface area contributed by atoms with Gasteiger partial charge in [0.2, 0.25) is 0 Å². The van der Waals surface area contributed by atoms with Gasteiger partial charge in [-0.1, -0.05) is 11.6 Å². The molecule has 2 amide bonds. The van der Waals surface area contributed by atoms with Crippen molar-refractivity contribution < 1.29 is 22.0 Å². The lowest BCUT2D eigenvalue weighted by Gasteiger charge is -2.10. The molecule has 0 atom stereocenters. The molecule has 2 N–H and O–H groups in total. The van der Waals surface area contributed by atoms with Gasteiger partial charge in [-0.15, -0.1) is 3.89 Å². The molecule has 2 aromatic rings. The van der Waals surface area contributed by atoms with Crippen LogP contribution in [0.25, 0.3) is 0 Å². The number of aryl methyl sites for hydroxylation is 1. The summed E-state index contributed by atoms with van der Waals surface area (Å²) in [4.78, 5) is 21.5. The van der Waals surface area contributed by atoms with Crippen LogP contribution in [0.2, 0.25) is 5.02 Å². The van der Waals surface area contributed by atoms with Crippen LogP contribution < -0.4 is 10.6 Å². The zero-order chi connectivity index (χ0) is 19.5. The molecular formula is C15H13ClFN3O5S. The summed E-state index contributed by atoms with van der Waals surface area (Å²) < 4.78 is 34.9. The van der Waals surface area contributed by atoms with Gasteiger partial charge in [-0.05, 0) is 42.3 Å². The number of amides is 2. The summed E-state index contributed by atoms with van der Waals surface area (Å²) in [6, 6.07) is 6.85. The maximum Gasteiger partial charge on any atom is 0.332 e. The second kappa shape index (κ2) is 7.67. The van der Waals surface area contributed by atoms with Crippen molar-refractivity contribution >= 4 is 39.2 Å². The number of anilines is 1. The molecule has 26 heavy (non-hydrogen) atoms. The molecule has 0 aliphatic rings. The Labute approximate surface area is 153 Å². The van der Waals surface area contributed by atoms with E-state index in [0.29, 0.717) is 5.56 Å². The molecule has 0 heterocycles. The molecule has 0 aromatic heterocycles. The molecule has 0 aliphatic carbocycles. The third-order valence-corrected chi connectivity index (χ3v) is 4.72. The van der Waals surface area contributed by atoms with E-state index in [0.717, 1.165) is 6.07 Å². The Hall–Kier alpha value is -2.72. The van der Waals surface area contributed by atoms with Crippen molar-refractivity contribution in [3.05, 3.63) is 62.7 Å². The molecule has 0 fully saturated rings. The van der Waals surface area contributed by atoms with E-state index in [-0.39, 0.29) is 28.5 Å². The van der Waals surface area contributed by atoms with Crippen LogP contribution in [0.1, 0.15) is 11.1 Å². The second-order valence-electron chi connectivity index (χ2n) is 5.26. The fourth-order valence-corrected chi connectivity index (χ4v) is 3.06. The van der Waals surface area contributed by atoms with E-state index in [4.69, 9.17) is 11.6 Å². The van der Waals surface area contributed by atoms with Crippen LogP contribution in [0.4, 0.5) is 20.1 Å². The number of carbonyl (C=O) groups excluding carboxylic acids is 1. The van der Waals surface area contributed by atoms with E-state index in [1.807, 2.05) is 0 Å². The average Bonchev–Trinajstić information content (AvgIpc) is 2.52. The van der Waals surface area contributed by atoms with Gasteiger partial charge < -0.3 is 10.6 Å². The predicted molar refractivity (Wildman–Crippen MR) is 93.4 cm³/mol. The molecular weight excluding hydrogens is 389 g/mol. The molecule has 2 rings (SSSR count).